The number of nitrogens with zero attached hydrogens (tertiary/aromatic N) is 1. The van der Waals surface area contributed by atoms with Gasteiger partial charge in [0.1, 0.15) is 0 Å². The maximum atomic E-state index is 12.9. The fraction of sp³-hybridized carbons (Fsp3) is 0.471. The van der Waals surface area contributed by atoms with Gasteiger partial charge in [-0.1, -0.05) is 12.5 Å². The topological polar surface area (TPSA) is 136 Å². The summed E-state index contributed by atoms with van der Waals surface area (Å²) in [5, 5.41) is 1.81. The highest BCUT2D eigenvalue weighted by molar-refractivity contribution is 7.89. The van der Waals surface area contributed by atoms with Crippen LogP contribution in [0.25, 0.3) is 0 Å². The third-order valence-corrected chi connectivity index (χ3v) is 6.30. The predicted octanol–water partition coefficient (Wildman–Crippen LogP) is 0.910. The molecule has 27 heavy (non-hydrogen) atoms. The lowest BCUT2D eigenvalue weighted by Gasteiger charge is -2.26. The Morgan fingerprint density at radius 1 is 1.19 bits per heavy atom. The summed E-state index contributed by atoms with van der Waals surface area (Å²) in [6, 6.07) is 3.13. The Hall–Kier alpha value is -2.46. The average Bonchev–Trinajstić information content (AvgIpc) is 2.61. The zero-order valence-corrected chi connectivity index (χ0v) is 16.0. The first-order valence-electron chi connectivity index (χ1n) is 8.55. The number of carbonyl (C=O) groups excluding carboxylic acids is 3. The lowest BCUT2D eigenvalue weighted by atomic mass is 10.1. The average molecular weight is 397 g/mol. The van der Waals surface area contributed by atoms with Gasteiger partial charge in [-0.15, -0.1) is 0 Å². The molecule has 1 aromatic rings. The van der Waals surface area contributed by atoms with Gasteiger partial charge in [-0.05, 0) is 44.4 Å². The van der Waals surface area contributed by atoms with Crippen molar-refractivity contribution in [2.75, 3.05) is 13.1 Å². The summed E-state index contributed by atoms with van der Waals surface area (Å²) in [6.45, 7) is 3.81. The molecule has 2 rings (SSSR count). The number of rotatable bonds is 5. The Morgan fingerprint density at radius 3 is 2.41 bits per heavy atom. The number of hydrogen-bond acceptors (Lipinski definition) is 6. The number of hydrogen-bond donors (Lipinski definition) is 2. The molecule has 0 spiro atoms. The minimum Gasteiger partial charge on any atom is -0.449 e. The fourth-order valence-electron chi connectivity index (χ4n) is 2.75. The number of aryl methyl sites for hydroxylation is 1. The monoisotopic (exact) mass is 397 g/mol. The van der Waals surface area contributed by atoms with Crippen molar-refractivity contribution < 1.29 is 27.5 Å². The van der Waals surface area contributed by atoms with E-state index >= 15 is 0 Å². The van der Waals surface area contributed by atoms with Crippen LogP contribution in [-0.2, 0) is 19.6 Å². The third kappa shape index (κ3) is 5.04. The van der Waals surface area contributed by atoms with Crippen molar-refractivity contribution >= 4 is 27.9 Å². The highest BCUT2D eigenvalue weighted by Crippen LogP contribution is 2.24. The number of primary amides is 1. The van der Waals surface area contributed by atoms with Crippen LogP contribution in [-0.4, -0.2) is 49.8 Å². The summed E-state index contributed by atoms with van der Waals surface area (Å²) >= 11 is 0. The minimum absolute atomic E-state index is 0.00471. The molecule has 1 heterocycles. The Labute approximate surface area is 157 Å². The summed E-state index contributed by atoms with van der Waals surface area (Å²) in [4.78, 5) is 34.6. The second-order valence-corrected chi connectivity index (χ2v) is 8.25. The highest BCUT2D eigenvalue weighted by atomic mass is 32.2. The molecule has 1 fully saturated rings. The van der Waals surface area contributed by atoms with Crippen LogP contribution in [0.1, 0.15) is 42.1 Å². The number of nitrogens with one attached hydrogen (secondary N) is 1. The number of ether oxygens (including phenoxy) is 1. The third-order valence-electron chi connectivity index (χ3n) is 4.26. The van der Waals surface area contributed by atoms with Gasteiger partial charge in [0.25, 0.3) is 5.91 Å². The first kappa shape index (κ1) is 20.8. The van der Waals surface area contributed by atoms with Crippen molar-refractivity contribution in [3.63, 3.8) is 0 Å². The SMILES string of the molecule is Cc1ccc(C(=O)O[C@H](C)C(=O)NC(N)=O)cc1S(=O)(=O)N1CCCCC1. The Kier molecular flexibility index (Phi) is 6.55. The van der Waals surface area contributed by atoms with Crippen LogP contribution in [0.15, 0.2) is 23.1 Å². The van der Waals surface area contributed by atoms with E-state index in [0.717, 1.165) is 19.3 Å². The van der Waals surface area contributed by atoms with Crippen LogP contribution in [0.3, 0.4) is 0 Å². The Balaban J connectivity index is 2.22. The van der Waals surface area contributed by atoms with Crippen molar-refractivity contribution in [2.45, 2.75) is 44.1 Å². The molecule has 0 unspecified atom stereocenters. The number of urea groups is 1. The largest absolute Gasteiger partial charge is 0.449 e. The van der Waals surface area contributed by atoms with E-state index in [-0.39, 0.29) is 10.5 Å². The number of carbonyl (C=O) groups is 3. The van der Waals surface area contributed by atoms with Crippen LogP contribution >= 0.6 is 0 Å². The summed E-state index contributed by atoms with van der Waals surface area (Å²) in [5.41, 5.74) is 5.35. The summed E-state index contributed by atoms with van der Waals surface area (Å²) in [6.07, 6.45) is 1.31. The molecule has 0 saturated carbocycles. The summed E-state index contributed by atoms with van der Waals surface area (Å²) in [5.74, 6) is -1.75. The number of esters is 1. The van der Waals surface area contributed by atoms with E-state index in [1.807, 2.05) is 5.32 Å². The van der Waals surface area contributed by atoms with Crippen LogP contribution < -0.4 is 11.1 Å². The summed E-state index contributed by atoms with van der Waals surface area (Å²) < 4.78 is 32.2. The van der Waals surface area contributed by atoms with Gasteiger partial charge in [-0.2, -0.15) is 4.31 Å². The van der Waals surface area contributed by atoms with Gasteiger partial charge < -0.3 is 10.5 Å². The second-order valence-electron chi connectivity index (χ2n) is 6.35. The molecule has 0 radical (unpaired) electrons. The van der Waals surface area contributed by atoms with E-state index < -0.39 is 34.0 Å². The van der Waals surface area contributed by atoms with Crippen LogP contribution in [0, 0.1) is 6.92 Å². The normalized spacial score (nSPS) is 16.4. The molecule has 0 bridgehead atoms. The lowest BCUT2D eigenvalue weighted by Crippen LogP contribution is -2.42. The van der Waals surface area contributed by atoms with Gasteiger partial charge in [0.15, 0.2) is 6.10 Å². The van der Waals surface area contributed by atoms with Gasteiger partial charge in [-0.3, -0.25) is 10.1 Å². The molecule has 0 aliphatic carbocycles. The quantitative estimate of drug-likeness (QED) is 0.709. The molecule has 1 saturated heterocycles. The van der Waals surface area contributed by atoms with Gasteiger partial charge in [0.05, 0.1) is 10.5 Å². The number of imide groups is 1. The molecule has 9 nitrogen and oxygen atoms in total. The molecule has 0 aromatic heterocycles. The standard InChI is InChI=1S/C17H23N3O6S/c1-11-6-7-13(16(22)26-12(2)15(21)19-17(18)23)10-14(11)27(24,25)20-8-4-3-5-9-20/h6-7,10,12H,3-5,8-9H2,1-2H3,(H3,18,19,21,23)/t12-/m1/s1. The predicted molar refractivity (Wildman–Crippen MR) is 96.4 cm³/mol. The number of piperidine rings is 1. The molecule has 1 aromatic carbocycles. The van der Waals surface area contributed by atoms with Gasteiger partial charge in [-0.25, -0.2) is 18.0 Å². The molecular formula is C17H23N3O6S. The fourth-order valence-corrected chi connectivity index (χ4v) is 4.52. The molecule has 3 amide bonds. The van der Waals surface area contributed by atoms with Gasteiger partial charge >= 0.3 is 12.0 Å². The second kappa shape index (κ2) is 8.49. The van der Waals surface area contributed by atoms with Crippen LogP contribution in [0.4, 0.5) is 4.79 Å². The first-order valence-corrected chi connectivity index (χ1v) is 9.99. The molecule has 1 aliphatic rings. The van der Waals surface area contributed by atoms with E-state index in [0.29, 0.717) is 18.7 Å². The van der Waals surface area contributed by atoms with E-state index in [1.165, 1.54) is 29.4 Å². The van der Waals surface area contributed by atoms with Gasteiger partial charge in [0, 0.05) is 13.1 Å². The van der Waals surface area contributed by atoms with Crippen molar-refractivity contribution in [2.24, 2.45) is 5.73 Å². The van der Waals surface area contributed by atoms with Crippen molar-refractivity contribution in [1.82, 2.24) is 9.62 Å². The van der Waals surface area contributed by atoms with E-state index in [9.17, 15) is 22.8 Å². The molecule has 10 heteroatoms. The van der Waals surface area contributed by atoms with Crippen molar-refractivity contribution in [3.05, 3.63) is 29.3 Å². The zero-order valence-electron chi connectivity index (χ0n) is 15.2. The number of benzene rings is 1. The highest BCUT2D eigenvalue weighted by Gasteiger charge is 2.29. The van der Waals surface area contributed by atoms with E-state index in [4.69, 9.17) is 10.5 Å². The molecule has 1 aliphatic heterocycles. The maximum absolute atomic E-state index is 12.9. The number of sulfonamides is 1. The van der Waals surface area contributed by atoms with Crippen molar-refractivity contribution in [3.8, 4) is 0 Å². The first-order chi connectivity index (χ1) is 12.6. The smallest absolute Gasteiger partial charge is 0.338 e. The molecule has 1 atom stereocenters. The van der Waals surface area contributed by atoms with Gasteiger partial charge in [0.2, 0.25) is 10.0 Å². The maximum Gasteiger partial charge on any atom is 0.338 e. The summed E-state index contributed by atoms with van der Waals surface area (Å²) in [7, 11) is -3.72. The Bertz CT molecular complexity index is 846. The van der Waals surface area contributed by atoms with E-state index in [2.05, 4.69) is 0 Å². The van der Waals surface area contributed by atoms with E-state index in [1.54, 1.807) is 6.92 Å². The minimum atomic E-state index is -3.72. The van der Waals surface area contributed by atoms with Crippen LogP contribution in [0.5, 0.6) is 0 Å². The van der Waals surface area contributed by atoms with Crippen LogP contribution in [0.2, 0.25) is 0 Å². The Morgan fingerprint density at radius 2 is 1.81 bits per heavy atom. The lowest BCUT2D eigenvalue weighted by molar-refractivity contribution is -0.127. The molecule has 3 N–H and O–H groups in total. The molecular weight excluding hydrogens is 374 g/mol. The zero-order chi connectivity index (χ0) is 20.2. The number of amides is 3. The number of nitrogens with two attached hydrogens (primary N) is 1. The van der Waals surface area contributed by atoms with Crippen molar-refractivity contribution in [1.29, 1.82) is 0 Å². The molecule has 148 valence electrons.